The Morgan fingerprint density at radius 3 is 2.68 bits per heavy atom. The minimum Gasteiger partial charge on any atom is -0.468 e. The lowest BCUT2D eigenvalue weighted by Crippen LogP contribution is -2.22. The van der Waals surface area contributed by atoms with E-state index in [9.17, 15) is 13.6 Å². The normalized spacial score (nSPS) is 27.2. The van der Waals surface area contributed by atoms with E-state index in [0.29, 0.717) is 19.3 Å². The highest BCUT2D eigenvalue weighted by atomic mass is 19.3. The van der Waals surface area contributed by atoms with Crippen LogP contribution >= 0.6 is 0 Å². The van der Waals surface area contributed by atoms with Gasteiger partial charge in [0.1, 0.15) is 5.41 Å². The van der Waals surface area contributed by atoms with Crippen molar-refractivity contribution in [3.05, 3.63) is 11.7 Å². The lowest BCUT2D eigenvalue weighted by Gasteiger charge is -2.07. The van der Waals surface area contributed by atoms with Crippen molar-refractivity contribution < 1.29 is 22.8 Å². The Morgan fingerprint density at radius 1 is 1.42 bits per heavy atom. The van der Waals surface area contributed by atoms with Crippen LogP contribution in [-0.2, 0) is 14.9 Å². The summed E-state index contributed by atoms with van der Waals surface area (Å²) in [6.07, 6.45) is 1.14. The molecule has 0 amide bonds. The highest BCUT2D eigenvalue weighted by Crippen LogP contribution is 2.49. The van der Waals surface area contributed by atoms with Crippen molar-refractivity contribution in [2.24, 2.45) is 0 Å². The molecule has 19 heavy (non-hydrogen) atoms. The molecule has 7 heteroatoms. The molecule has 1 unspecified atom stereocenters. The number of ether oxygens (including phenoxy) is 1. The van der Waals surface area contributed by atoms with Gasteiger partial charge in [0.05, 0.1) is 7.11 Å². The Bertz CT molecular complexity index is 511. The fourth-order valence-electron chi connectivity index (χ4n) is 2.59. The van der Waals surface area contributed by atoms with E-state index in [1.54, 1.807) is 0 Å². The van der Waals surface area contributed by atoms with Gasteiger partial charge in [0.15, 0.2) is 5.82 Å². The molecule has 2 aliphatic rings. The molecule has 104 valence electrons. The highest BCUT2D eigenvalue weighted by Gasteiger charge is 2.57. The first-order valence-electron chi connectivity index (χ1n) is 6.27. The summed E-state index contributed by atoms with van der Waals surface area (Å²) in [5, 5.41) is 3.76. The van der Waals surface area contributed by atoms with Crippen molar-refractivity contribution in [2.45, 2.75) is 49.4 Å². The zero-order valence-electron chi connectivity index (χ0n) is 10.5. The Hall–Kier alpha value is -1.53. The molecule has 0 bridgehead atoms. The first-order valence-corrected chi connectivity index (χ1v) is 6.27. The van der Waals surface area contributed by atoms with E-state index in [0.717, 1.165) is 0 Å². The first-order chi connectivity index (χ1) is 8.97. The average molecular weight is 272 g/mol. The summed E-state index contributed by atoms with van der Waals surface area (Å²) >= 11 is 0. The number of nitrogens with zero attached hydrogens (tertiary/aromatic N) is 2. The van der Waals surface area contributed by atoms with Crippen LogP contribution in [0.3, 0.4) is 0 Å². The molecule has 0 spiro atoms. The van der Waals surface area contributed by atoms with Gasteiger partial charge in [-0.1, -0.05) is 5.16 Å². The lowest BCUT2D eigenvalue weighted by atomic mass is 10.1. The molecule has 0 aliphatic heterocycles. The summed E-state index contributed by atoms with van der Waals surface area (Å²) in [6, 6.07) is 0. The molecular formula is C12H14F2N2O3. The number of esters is 1. The van der Waals surface area contributed by atoms with Crippen molar-refractivity contribution in [3.63, 3.8) is 0 Å². The number of carbonyl (C=O) groups is 1. The van der Waals surface area contributed by atoms with E-state index in [2.05, 4.69) is 10.1 Å². The van der Waals surface area contributed by atoms with Crippen LogP contribution in [-0.4, -0.2) is 29.1 Å². The predicted octanol–water partition coefficient (Wildman–Crippen LogP) is 2.18. The summed E-state index contributed by atoms with van der Waals surface area (Å²) in [5.41, 5.74) is -0.832. The molecule has 2 aliphatic carbocycles. The number of methoxy groups -OCH3 is 1. The fraction of sp³-hybridized carbons (Fsp3) is 0.750. The maximum absolute atomic E-state index is 13.2. The van der Waals surface area contributed by atoms with Gasteiger partial charge in [0, 0.05) is 18.8 Å². The van der Waals surface area contributed by atoms with E-state index in [-0.39, 0.29) is 30.5 Å². The van der Waals surface area contributed by atoms with E-state index in [4.69, 9.17) is 9.26 Å². The van der Waals surface area contributed by atoms with E-state index >= 15 is 0 Å². The third-order valence-electron chi connectivity index (χ3n) is 3.95. The number of alkyl halides is 2. The smallest absolute Gasteiger partial charge is 0.321 e. The molecule has 5 nitrogen and oxygen atoms in total. The van der Waals surface area contributed by atoms with Crippen LogP contribution < -0.4 is 0 Å². The summed E-state index contributed by atoms with van der Waals surface area (Å²) in [5.74, 6) is -2.96. The number of hydrogen-bond acceptors (Lipinski definition) is 5. The number of rotatable bonds is 3. The molecule has 1 aromatic rings. The second-order valence-corrected chi connectivity index (χ2v) is 5.33. The van der Waals surface area contributed by atoms with Gasteiger partial charge in [0.2, 0.25) is 11.8 Å². The molecule has 0 N–H and O–H groups in total. The van der Waals surface area contributed by atoms with Crippen molar-refractivity contribution in [1.82, 2.24) is 10.1 Å². The molecule has 0 radical (unpaired) electrons. The minimum atomic E-state index is -2.65. The molecule has 3 rings (SSSR count). The fourth-order valence-corrected chi connectivity index (χ4v) is 2.59. The van der Waals surface area contributed by atoms with E-state index < -0.39 is 17.3 Å². The molecule has 1 heterocycles. The minimum absolute atomic E-state index is 0.149. The molecule has 1 atom stereocenters. The molecule has 0 aromatic carbocycles. The van der Waals surface area contributed by atoms with Gasteiger partial charge in [-0.3, -0.25) is 4.79 Å². The SMILES string of the molecule is COC(=O)C1(c2nc(C3CCC(F)(F)C3)no2)CC1. The predicted molar refractivity (Wildman–Crippen MR) is 58.8 cm³/mol. The molecule has 1 aromatic heterocycles. The van der Waals surface area contributed by atoms with Gasteiger partial charge in [-0.25, -0.2) is 8.78 Å². The van der Waals surface area contributed by atoms with Crippen LogP contribution in [0.1, 0.15) is 49.7 Å². The van der Waals surface area contributed by atoms with Gasteiger partial charge in [-0.05, 0) is 19.3 Å². The monoisotopic (exact) mass is 272 g/mol. The van der Waals surface area contributed by atoms with E-state index in [1.165, 1.54) is 7.11 Å². The Kier molecular flexibility index (Phi) is 2.62. The van der Waals surface area contributed by atoms with Crippen molar-refractivity contribution in [3.8, 4) is 0 Å². The quantitative estimate of drug-likeness (QED) is 0.789. The third kappa shape index (κ3) is 2.01. The van der Waals surface area contributed by atoms with Crippen LogP contribution in [0.4, 0.5) is 8.78 Å². The molecule has 2 fully saturated rings. The standard InChI is InChI=1S/C12H14F2N2O3/c1-18-10(17)11(4-5-11)9-15-8(16-19-9)7-2-3-12(13,14)6-7/h7H,2-6H2,1H3. The Morgan fingerprint density at radius 2 is 2.16 bits per heavy atom. The van der Waals surface area contributed by atoms with Gasteiger partial charge in [-0.15, -0.1) is 0 Å². The maximum Gasteiger partial charge on any atom is 0.321 e. The Balaban J connectivity index is 1.79. The number of aromatic nitrogens is 2. The van der Waals surface area contributed by atoms with Crippen LogP contribution in [0, 0.1) is 0 Å². The number of carbonyl (C=O) groups excluding carboxylic acids is 1. The molecule has 2 saturated carbocycles. The van der Waals surface area contributed by atoms with Crippen LogP contribution in [0.2, 0.25) is 0 Å². The molecular weight excluding hydrogens is 258 g/mol. The zero-order chi connectivity index (χ0) is 13.7. The average Bonchev–Trinajstić information content (AvgIpc) is 2.88. The van der Waals surface area contributed by atoms with Crippen molar-refractivity contribution >= 4 is 5.97 Å². The van der Waals surface area contributed by atoms with Crippen LogP contribution in [0.5, 0.6) is 0 Å². The van der Waals surface area contributed by atoms with Crippen LogP contribution in [0.15, 0.2) is 4.52 Å². The van der Waals surface area contributed by atoms with Gasteiger partial charge in [-0.2, -0.15) is 4.98 Å². The second-order valence-electron chi connectivity index (χ2n) is 5.33. The zero-order valence-corrected chi connectivity index (χ0v) is 10.5. The van der Waals surface area contributed by atoms with Gasteiger partial charge in [0.25, 0.3) is 0 Å². The van der Waals surface area contributed by atoms with Gasteiger partial charge >= 0.3 is 5.97 Å². The first kappa shape index (κ1) is 12.5. The highest BCUT2D eigenvalue weighted by molar-refractivity contribution is 5.85. The maximum atomic E-state index is 13.2. The van der Waals surface area contributed by atoms with Crippen molar-refractivity contribution in [1.29, 1.82) is 0 Å². The van der Waals surface area contributed by atoms with Crippen LogP contribution in [0.25, 0.3) is 0 Å². The largest absolute Gasteiger partial charge is 0.468 e. The van der Waals surface area contributed by atoms with Crippen molar-refractivity contribution in [2.75, 3.05) is 7.11 Å². The summed E-state index contributed by atoms with van der Waals surface area (Å²) in [6.45, 7) is 0. The van der Waals surface area contributed by atoms with Gasteiger partial charge < -0.3 is 9.26 Å². The second kappa shape index (κ2) is 3.98. The third-order valence-corrected chi connectivity index (χ3v) is 3.95. The summed E-state index contributed by atoms with van der Waals surface area (Å²) in [7, 11) is 1.30. The number of halogens is 2. The lowest BCUT2D eigenvalue weighted by molar-refractivity contribution is -0.144. The summed E-state index contributed by atoms with van der Waals surface area (Å²) in [4.78, 5) is 15.8. The molecule has 0 saturated heterocycles. The Labute approximate surface area is 108 Å². The summed E-state index contributed by atoms with van der Waals surface area (Å²) < 4.78 is 36.1. The van der Waals surface area contributed by atoms with E-state index in [1.807, 2.05) is 0 Å². The number of hydrogen-bond donors (Lipinski definition) is 0. The topological polar surface area (TPSA) is 65.2 Å².